The fourth-order valence-electron chi connectivity index (χ4n) is 7.92. The van der Waals surface area contributed by atoms with Gasteiger partial charge in [-0.2, -0.15) is 0 Å². The first kappa shape index (κ1) is 26.5. The fourth-order valence-corrected chi connectivity index (χ4v) is 7.92. The van der Waals surface area contributed by atoms with Gasteiger partial charge in [-0.3, -0.25) is 0 Å². The Hall–Kier alpha value is -5.08. The number of nitrogens with zero attached hydrogens (tertiary/aromatic N) is 2. The first-order valence-electron chi connectivity index (χ1n) is 15.5. The van der Waals surface area contributed by atoms with Crippen molar-refractivity contribution in [2.75, 3.05) is 23.9 Å². The largest absolute Gasteiger partial charge is 0.344 e. The SMILES string of the molecule is CN1c2ccccc2C(C)(C)c2ccc(-c3ccc4c(c3)C(c3ccccc3)(c3ccccc3)c3ccccc3N4C)cc21. The van der Waals surface area contributed by atoms with Gasteiger partial charge in [-0.15, -0.1) is 0 Å². The van der Waals surface area contributed by atoms with Crippen molar-refractivity contribution in [1.29, 1.82) is 0 Å². The monoisotopic (exact) mass is 568 g/mol. The van der Waals surface area contributed by atoms with Crippen molar-refractivity contribution in [2.45, 2.75) is 24.7 Å². The molecule has 0 fully saturated rings. The lowest BCUT2D eigenvalue weighted by atomic mass is 9.62. The van der Waals surface area contributed by atoms with E-state index in [1.807, 2.05) is 0 Å². The van der Waals surface area contributed by atoms with Crippen LogP contribution in [0.2, 0.25) is 0 Å². The summed E-state index contributed by atoms with van der Waals surface area (Å²) in [4.78, 5) is 4.72. The number of hydrogen-bond acceptors (Lipinski definition) is 2. The van der Waals surface area contributed by atoms with E-state index in [2.05, 4.69) is 183 Å². The van der Waals surface area contributed by atoms with Crippen molar-refractivity contribution < 1.29 is 0 Å². The third-order valence-corrected chi connectivity index (χ3v) is 10.1. The number of anilines is 4. The van der Waals surface area contributed by atoms with Gasteiger partial charge in [-0.1, -0.05) is 129 Å². The highest BCUT2D eigenvalue weighted by atomic mass is 15.1. The molecule has 44 heavy (non-hydrogen) atoms. The molecule has 0 unspecified atom stereocenters. The lowest BCUT2D eigenvalue weighted by Gasteiger charge is -2.45. The van der Waals surface area contributed by atoms with E-state index in [4.69, 9.17) is 0 Å². The molecule has 2 aliphatic rings. The number of rotatable bonds is 3. The molecule has 0 aliphatic carbocycles. The Morgan fingerprint density at radius 3 is 1.50 bits per heavy atom. The van der Waals surface area contributed by atoms with E-state index in [1.54, 1.807) is 0 Å². The van der Waals surface area contributed by atoms with Gasteiger partial charge in [-0.05, 0) is 74.8 Å². The average Bonchev–Trinajstić information content (AvgIpc) is 3.08. The molecule has 0 amide bonds. The van der Waals surface area contributed by atoms with Crippen LogP contribution in [0.5, 0.6) is 0 Å². The molecule has 0 spiro atoms. The highest BCUT2D eigenvalue weighted by molar-refractivity contribution is 5.87. The van der Waals surface area contributed by atoms with Gasteiger partial charge >= 0.3 is 0 Å². The van der Waals surface area contributed by atoms with Gasteiger partial charge in [-0.25, -0.2) is 0 Å². The summed E-state index contributed by atoms with van der Waals surface area (Å²) in [5.41, 5.74) is 14.8. The summed E-state index contributed by atoms with van der Waals surface area (Å²) in [5.74, 6) is 0. The van der Waals surface area contributed by atoms with Crippen molar-refractivity contribution in [3.63, 3.8) is 0 Å². The smallest absolute Gasteiger partial charge is 0.0742 e. The molecule has 0 saturated carbocycles. The Morgan fingerprint density at radius 1 is 0.386 bits per heavy atom. The van der Waals surface area contributed by atoms with E-state index in [0.717, 1.165) is 0 Å². The van der Waals surface area contributed by atoms with Crippen LogP contribution in [0, 0.1) is 0 Å². The van der Waals surface area contributed by atoms with Crippen LogP contribution in [0.3, 0.4) is 0 Å². The molecule has 0 atom stereocenters. The second-order valence-corrected chi connectivity index (χ2v) is 12.7. The predicted molar refractivity (Wildman–Crippen MR) is 185 cm³/mol. The average molecular weight is 569 g/mol. The third-order valence-electron chi connectivity index (χ3n) is 10.1. The number of fused-ring (bicyclic) bond motifs is 4. The Kier molecular flexibility index (Phi) is 5.86. The van der Waals surface area contributed by atoms with Crippen molar-refractivity contribution in [1.82, 2.24) is 0 Å². The van der Waals surface area contributed by atoms with Crippen LogP contribution in [0.15, 0.2) is 146 Å². The highest BCUT2D eigenvalue weighted by Gasteiger charge is 2.45. The lowest BCUT2D eigenvalue weighted by Crippen LogP contribution is -2.37. The molecular weight excluding hydrogens is 532 g/mol. The van der Waals surface area contributed by atoms with Crippen molar-refractivity contribution >= 4 is 22.7 Å². The molecule has 0 aromatic heterocycles. The Bertz CT molecular complexity index is 1980. The van der Waals surface area contributed by atoms with E-state index in [1.165, 1.54) is 67.3 Å². The first-order valence-corrected chi connectivity index (χ1v) is 15.5. The van der Waals surface area contributed by atoms with Crippen LogP contribution >= 0.6 is 0 Å². The molecule has 8 rings (SSSR count). The Balaban J connectivity index is 1.38. The molecule has 0 N–H and O–H groups in total. The predicted octanol–water partition coefficient (Wildman–Crippen LogP) is 10.2. The first-order chi connectivity index (χ1) is 21.4. The maximum atomic E-state index is 2.45. The van der Waals surface area contributed by atoms with Crippen LogP contribution in [0.4, 0.5) is 22.7 Å². The molecule has 0 saturated heterocycles. The van der Waals surface area contributed by atoms with Crippen molar-refractivity contribution in [2.24, 2.45) is 0 Å². The van der Waals surface area contributed by atoms with Crippen LogP contribution in [-0.2, 0) is 10.8 Å². The second kappa shape index (κ2) is 9.72. The van der Waals surface area contributed by atoms with Crippen LogP contribution in [0.25, 0.3) is 11.1 Å². The highest BCUT2D eigenvalue weighted by Crippen LogP contribution is 2.56. The summed E-state index contributed by atoms with van der Waals surface area (Å²) < 4.78 is 0. The zero-order valence-electron chi connectivity index (χ0n) is 25.8. The maximum absolute atomic E-state index is 2.45. The molecule has 2 aliphatic heterocycles. The summed E-state index contributed by atoms with van der Waals surface area (Å²) in [6, 6.07) is 53.9. The van der Waals surface area contributed by atoms with E-state index >= 15 is 0 Å². The molecule has 0 bridgehead atoms. The lowest BCUT2D eigenvalue weighted by molar-refractivity contribution is 0.629. The van der Waals surface area contributed by atoms with Crippen LogP contribution in [-0.4, -0.2) is 14.1 Å². The van der Waals surface area contributed by atoms with Gasteiger partial charge in [0.25, 0.3) is 0 Å². The minimum atomic E-state index is -0.469. The van der Waals surface area contributed by atoms with Crippen LogP contribution < -0.4 is 9.80 Å². The summed E-state index contributed by atoms with van der Waals surface area (Å²) >= 11 is 0. The zero-order chi connectivity index (χ0) is 30.1. The van der Waals surface area contributed by atoms with Crippen LogP contribution in [0.1, 0.15) is 47.2 Å². The summed E-state index contributed by atoms with van der Waals surface area (Å²) in [6.07, 6.45) is 0. The zero-order valence-corrected chi connectivity index (χ0v) is 25.8. The minimum Gasteiger partial charge on any atom is -0.344 e. The standard InChI is InChI=1S/C42H36N2/c1-41(2)33-19-11-13-21-37(33)44(4)40-28-30(23-25-34(40)41)29-24-26-39-36(27-29)42(31-15-7-5-8-16-31,32-17-9-6-10-18-32)35-20-12-14-22-38(35)43(39)3/h5-28H,1-4H3. The number of hydrogen-bond donors (Lipinski definition) is 0. The van der Waals surface area contributed by atoms with Gasteiger partial charge in [0.05, 0.1) is 5.41 Å². The topological polar surface area (TPSA) is 6.48 Å². The second-order valence-electron chi connectivity index (χ2n) is 12.7. The van der Waals surface area contributed by atoms with E-state index in [0.29, 0.717) is 0 Å². The number of para-hydroxylation sites is 2. The molecular formula is C42H36N2. The fraction of sp³-hybridized carbons (Fsp3) is 0.143. The van der Waals surface area contributed by atoms with Gasteiger partial charge < -0.3 is 9.80 Å². The molecule has 2 heteroatoms. The molecule has 2 heterocycles. The quantitative estimate of drug-likeness (QED) is 0.210. The normalized spacial score (nSPS) is 15.5. The van der Waals surface area contributed by atoms with Gasteiger partial charge in [0.2, 0.25) is 0 Å². The van der Waals surface area contributed by atoms with Crippen molar-refractivity contribution in [3.8, 4) is 11.1 Å². The number of benzene rings is 6. The summed E-state index contributed by atoms with van der Waals surface area (Å²) in [6.45, 7) is 4.69. The third kappa shape index (κ3) is 3.61. The minimum absolute atomic E-state index is 0.0744. The molecule has 6 aromatic rings. The van der Waals surface area contributed by atoms with E-state index in [-0.39, 0.29) is 5.41 Å². The molecule has 2 nitrogen and oxygen atoms in total. The van der Waals surface area contributed by atoms with Gasteiger partial charge in [0.1, 0.15) is 0 Å². The Labute approximate surface area is 260 Å². The molecule has 214 valence electrons. The molecule has 0 radical (unpaired) electrons. The molecule has 6 aromatic carbocycles. The maximum Gasteiger partial charge on any atom is 0.0742 e. The van der Waals surface area contributed by atoms with E-state index in [9.17, 15) is 0 Å². The van der Waals surface area contributed by atoms with Gasteiger partial charge in [0.15, 0.2) is 0 Å². The van der Waals surface area contributed by atoms with E-state index < -0.39 is 5.41 Å². The Morgan fingerprint density at radius 2 is 0.841 bits per heavy atom. The van der Waals surface area contributed by atoms with Gasteiger partial charge in [0, 0.05) is 42.3 Å². The van der Waals surface area contributed by atoms with Crippen molar-refractivity contribution in [3.05, 3.63) is 179 Å². The summed E-state index contributed by atoms with van der Waals surface area (Å²) in [7, 11) is 4.40. The summed E-state index contributed by atoms with van der Waals surface area (Å²) in [5, 5.41) is 0.